The Kier molecular flexibility index (Phi) is 5.14. The summed E-state index contributed by atoms with van der Waals surface area (Å²) >= 11 is 6.26. The summed E-state index contributed by atoms with van der Waals surface area (Å²) < 4.78 is 21.7. The van der Waals surface area contributed by atoms with E-state index in [1.807, 2.05) is 23.5 Å². The van der Waals surface area contributed by atoms with Crippen molar-refractivity contribution in [1.82, 2.24) is 24.5 Å². The maximum Gasteiger partial charge on any atom is 0.257 e. The minimum absolute atomic E-state index is 0.0765. The number of carbonyl (C=O) groups is 1. The molecule has 8 nitrogen and oxygen atoms in total. The number of hydrogen-bond acceptors (Lipinski definition) is 6. The van der Waals surface area contributed by atoms with Crippen LogP contribution in [0.4, 0.5) is 10.3 Å². The van der Waals surface area contributed by atoms with Gasteiger partial charge in [0.15, 0.2) is 11.4 Å². The third kappa shape index (κ3) is 3.59. The molecule has 4 heterocycles. The van der Waals surface area contributed by atoms with Gasteiger partial charge in [-0.15, -0.1) is 10.2 Å². The molecule has 5 aromatic rings. The molecule has 0 unspecified atom stereocenters. The van der Waals surface area contributed by atoms with Gasteiger partial charge >= 0.3 is 0 Å². The van der Waals surface area contributed by atoms with Gasteiger partial charge in [0, 0.05) is 36.1 Å². The van der Waals surface area contributed by atoms with Gasteiger partial charge in [-0.05, 0) is 49.4 Å². The number of amides is 1. The van der Waals surface area contributed by atoms with Crippen molar-refractivity contribution in [3.8, 4) is 11.6 Å². The number of carbonyl (C=O) groups excluding carboxylic acids is 1. The minimum Gasteiger partial charge on any atom is -0.461 e. The zero-order valence-corrected chi connectivity index (χ0v) is 19.5. The Morgan fingerprint density at radius 1 is 1.11 bits per heavy atom. The standard InChI is InChI=1S/C25H20ClFN6O2/c1-15-14-31(10-11-32(15)24(34)17-5-2-3-6-19(17)27)25-28-20-13-16(26)8-9-18(20)22-29-30-23(33(22)25)21-7-4-12-35-21/h2-9,12-13,15H,10-11,14H2,1H3/t15-/m0/s1. The van der Waals surface area contributed by atoms with Crippen molar-refractivity contribution in [2.24, 2.45) is 0 Å². The van der Waals surface area contributed by atoms with Crippen molar-refractivity contribution in [2.75, 3.05) is 24.5 Å². The van der Waals surface area contributed by atoms with E-state index >= 15 is 0 Å². The third-order valence-electron chi connectivity index (χ3n) is 6.30. The number of piperazine rings is 1. The Hall–Kier alpha value is -3.98. The van der Waals surface area contributed by atoms with E-state index in [-0.39, 0.29) is 17.5 Å². The molecule has 1 fully saturated rings. The van der Waals surface area contributed by atoms with Crippen LogP contribution in [0, 0.1) is 5.82 Å². The molecule has 2 aromatic carbocycles. The van der Waals surface area contributed by atoms with Gasteiger partial charge in [-0.2, -0.15) is 0 Å². The van der Waals surface area contributed by atoms with Crippen LogP contribution in [0.5, 0.6) is 0 Å². The van der Waals surface area contributed by atoms with Crippen LogP contribution in [0.2, 0.25) is 5.02 Å². The summed E-state index contributed by atoms with van der Waals surface area (Å²) in [5.41, 5.74) is 1.40. The molecular weight excluding hydrogens is 471 g/mol. The molecule has 0 N–H and O–H groups in total. The molecule has 0 radical (unpaired) electrons. The quantitative estimate of drug-likeness (QED) is 0.365. The Bertz CT molecular complexity index is 1570. The molecule has 1 aliphatic heterocycles. The first-order chi connectivity index (χ1) is 17.0. The number of rotatable bonds is 3. The lowest BCUT2D eigenvalue weighted by atomic mass is 10.1. The van der Waals surface area contributed by atoms with Crippen molar-refractivity contribution in [3.05, 3.63) is 77.3 Å². The topological polar surface area (TPSA) is 79.8 Å². The summed E-state index contributed by atoms with van der Waals surface area (Å²) in [6.45, 7) is 3.33. The largest absolute Gasteiger partial charge is 0.461 e. The first kappa shape index (κ1) is 21.5. The van der Waals surface area contributed by atoms with Gasteiger partial charge in [-0.3, -0.25) is 4.79 Å². The van der Waals surface area contributed by atoms with Crippen molar-refractivity contribution < 1.29 is 13.6 Å². The Morgan fingerprint density at radius 3 is 2.74 bits per heavy atom. The number of nitrogens with zero attached hydrogens (tertiary/aromatic N) is 6. The molecule has 176 valence electrons. The molecule has 1 saturated heterocycles. The van der Waals surface area contributed by atoms with Crippen LogP contribution in [-0.4, -0.2) is 56.1 Å². The van der Waals surface area contributed by atoms with Gasteiger partial charge in [-0.1, -0.05) is 23.7 Å². The number of anilines is 1. The van der Waals surface area contributed by atoms with Gasteiger partial charge in [-0.25, -0.2) is 13.8 Å². The summed E-state index contributed by atoms with van der Waals surface area (Å²) in [6.07, 6.45) is 1.58. The van der Waals surface area contributed by atoms with E-state index in [1.54, 1.807) is 41.5 Å². The van der Waals surface area contributed by atoms with Gasteiger partial charge < -0.3 is 14.2 Å². The van der Waals surface area contributed by atoms with E-state index in [4.69, 9.17) is 21.0 Å². The summed E-state index contributed by atoms with van der Waals surface area (Å²) in [5, 5.41) is 10.2. The number of hydrogen-bond donors (Lipinski definition) is 0. The molecule has 0 aliphatic carbocycles. The number of halogens is 2. The normalized spacial score (nSPS) is 16.4. The highest BCUT2D eigenvalue weighted by Crippen LogP contribution is 2.31. The average molecular weight is 491 g/mol. The van der Waals surface area contributed by atoms with Crippen molar-refractivity contribution in [2.45, 2.75) is 13.0 Å². The second-order valence-corrected chi connectivity index (χ2v) is 8.94. The molecule has 35 heavy (non-hydrogen) atoms. The SMILES string of the molecule is C[C@H]1CN(c2nc3cc(Cl)ccc3c3nnc(-c4ccco4)n23)CCN1C(=O)c1ccccc1F. The highest BCUT2D eigenvalue weighted by Gasteiger charge is 2.32. The third-order valence-corrected chi connectivity index (χ3v) is 6.54. The van der Waals surface area contributed by atoms with Crippen LogP contribution in [0.25, 0.3) is 28.1 Å². The van der Waals surface area contributed by atoms with Gasteiger partial charge in [0.05, 0.1) is 17.3 Å². The number of benzene rings is 2. The number of aromatic nitrogens is 4. The molecule has 0 saturated carbocycles. The first-order valence-electron chi connectivity index (χ1n) is 11.2. The molecule has 1 atom stereocenters. The minimum atomic E-state index is -0.519. The van der Waals surface area contributed by atoms with E-state index in [1.165, 1.54) is 12.1 Å². The zero-order valence-electron chi connectivity index (χ0n) is 18.7. The van der Waals surface area contributed by atoms with Crippen molar-refractivity contribution >= 4 is 40.0 Å². The van der Waals surface area contributed by atoms with Crippen LogP contribution >= 0.6 is 11.6 Å². The lowest BCUT2D eigenvalue weighted by Crippen LogP contribution is -2.54. The molecule has 0 bridgehead atoms. The van der Waals surface area contributed by atoms with E-state index in [0.717, 1.165) is 5.39 Å². The molecule has 3 aromatic heterocycles. The fourth-order valence-corrected chi connectivity index (χ4v) is 4.77. The maximum absolute atomic E-state index is 14.3. The van der Waals surface area contributed by atoms with Crippen LogP contribution in [0.3, 0.4) is 0 Å². The van der Waals surface area contributed by atoms with Gasteiger partial charge in [0.1, 0.15) is 5.82 Å². The van der Waals surface area contributed by atoms with E-state index < -0.39 is 5.82 Å². The molecule has 1 amide bonds. The Morgan fingerprint density at radius 2 is 1.97 bits per heavy atom. The maximum atomic E-state index is 14.3. The molecule has 10 heteroatoms. The van der Waals surface area contributed by atoms with Crippen LogP contribution in [0.15, 0.2) is 65.3 Å². The highest BCUT2D eigenvalue weighted by molar-refractivity contribution is 6.31. The van der Waals surface area contributed by atoms with Crippen molar-refractivity contribution in [3.63, 3.8) is 0 Å². The fraction of sp³-hybridized carbons (Fsp3) is 0.200. The number of furan rings is 1. The molecule has 1 aliphatic rings. The van der Waals surface area contributed by atoms with Gasteiger partial charge in [0.2, 0.25) is 11.8 Å². The summed E-state index contributed by atoms with van der Waals surface area (Å²) in [6, 6.07) is 14.9. The summed E-state index contributed by atoms with van der Waals surface area (Å²) in [5.74, 6) is 0.877. The summed E-state index contributed by atoms with van der Waals surface area (Å²) in [4.78, 5) is 21.8. The fourth-order valence-electron chi connectivity index (χ4n) is 4.60. The predicted molar refractivity (Wildman–Crippen MR) is 130 cm³/mol. The number of fused-ring (bicyclic) bond motifs is 3. The van der Waals surface area contributed by atoms with E-state index in [0.29, 0.717) is 53.4 Å². The van der Waals surface area contributed by atoms with Gasteiger partial charge in [0.25, 0.3) is 5.91 Å². The Balaban J connectivity index is 1.42. The summed E-state index contributed by atoms with van der Waals surface area (Å²) in [7, 11) is 0. The van der Waals surface area contributed by atoms with E-state index in [2.05, 4.69) is 15.1 Å². The second-order valence-electron chi connectivity index (χ2n) is 8.51. The van der Waals surface area contributed by atoms with Crippen LogP contribution < -0.4 is 4.90 Å². The van der Waals surface area contributed by atoms with Crippen LogP contribution in [-0.2, 0) is 0 Å². The monoisotopic (exact) mass is 490 g/mol. The second kappa shape index (κ2) is 8.35. The molecular formula is C25H20ClFN6O2. The highest BCUT2D eigenvalue weighted by atomic mass is 35.5. The average Bonchev–Trinajstić information content (AvgIpc) is 3.53. The lowest BCUT2D eigenvalue weighted by Gasteiger charge is -2.40. The predicted octanol–water partition coefficient (Wildman–Crippen LogP) is 4.68. The zero-order chi connectivity index (χ0) is 24.1. The van der Waals surface area contributed by atoms with E-state index in [9.17, 15) is 9.18 Å². The molecule has 0 spiro atoms. The van der Waals surface area contributed by atoms with Crippen molar-refractivity contribution in [1.29, 1.82) is 0 Å². The lowest BCUT2D eigenvalue weighted by molar-refractivity contribution is 0.0668. The van der Waals surface area contributed by atoms with Crippen LogP contribution in [0.1, 0.15) is 17.3 Å². The smallest absolute Gasteiger partial charge is 0.257 e. The Labute approximate surface area is 204 Å². The first-order valence-corrected chi connectivity index (χ1v) is 11.6. The molecule has 6 rings (SSSR count).